The van der Waals surface area contributed by atoms with Gasteiger partial charge in [-0.15, -0.1) is 0 Å². The molecule has 0 saturated heterocycles. The van der Waals surface area contributed by atoms with Crippen LogP contribution in [-0.2, 0) is 22.7 Å². The fourth-order valence-corrected chi connectivity index (χ4v) is 3.44. The Morgan fingerprint density at radius 3 is 1.93 bits per heavy atom. The number of ether oxygens (including phenoxy) is 3. The second-order valence-corrected chi connectivity index (χ2v) is 7.48. The van der Waals surface area contributed by atoms with Crippen LogP contribution in [0.25, 0.3) is 0 Å². The van der Waals surface area contributed by atoms with Gasteiger partial charge in [0.25, 0.3) is 0 Å². The van der Waals surface area contributed by atoms with Gasteiger partial charge in [0.2, 0.25) is 0 Å². The maximum Gasteiger partial charge on any atom is 0.167 e. The Kier molecular flexibility index (Phi) is 7.75. The summed E-state index contributed by atoms with van der Waals surface area (Å²) in [6, 6.07) is 20.3. The smallest absolute Gasteiger partial charge is 0.167 e. The minimum absolute atomic E-state index is 0.136. The Morgan fingerprint density at radius 2 is 1.40 bits per heavy atom. The van der Waals surface area contributed by atoms with Gasteiger partial charge < -0.3 is 14.2 Å². The van der Waals surface area contributed by atoms with E-state index in [0.29, 0.717) is 27.1 Å². The molecule has 3 aromatic carbocycles. The van der Waals surface area contributed by atoms with Gasteiger partial charge in [-0.1, -0.05) is 71.7 Å². The number of carbonyl (C=O) groups excluding carboxylic acids is 1. The first kappa shape index (κ1) is 22.2. The Bertz CT molecular complexity index is 1020. The highest BCUT2D eigenvalue weighted by Gasteiger charge is 2.23. The molecule has 0 radical (unpaired) electrons. The molecule has 3 aromatic rings. The van der Waals surface area contributed by atoms with E-state index in [-0.39, 0.29) is 19.0 Å². The van der Waals surface area contributed by atoms with E-state index < -0.39 is 6.10 Å². The summed E-state index contributed by atoms with van der Waals surface area (Å²) in [4.78, 5) is 12.1. The van der Waals surface area contributed by atoms with Crippen LogP contribution in [0.15, 0.2) is 66.7 Å². The summed E-state index contributed by atoms with van der Waals surface area (Å²) in [5.74, 6) is 0.789. The van der Waals surface area contributed by atoms with Crippen molar-refractivity contribution in [3.8, 4) is 11.5 Å². The molecule has 0 heterocycles. The number of rotatable bonds is 9. The maximum atomic E-state index is 12.1. The van der Waals surface area contributed by atoms with Crippen molar-refractivity contribution in [3.05, 3.63) is 93.5 Å². The molecule has 0 aromatic heterocycles. The molecule has 0 spiro atoms. The van der Waals surface area contributed by atoms with Gasteiger partial charge in [-0.2, -0.15) is 0 Å². The van der Waals surface area contributed by atoms with Gasteiger partial charge in [0, 0.05) is 33.8 Å². The highest BCUT2D eigenvalue weighted by Crippen LogP contribution is 2.38. The largest absolute Gasteiger partial charge is 0.485 e. The summed E-state index contributed by atoms with van der Waals surface area (Å²) in [6.45, 7) is 1.94. The van der Waals surface area contributed by atoms with Crippen LogP contribution in [-0.4, -0.2) is 12.9 Å². The average Bonchev–Trinajstić information content (AvgIpc) is 2.73. The van der Waals surface area contributed by atoms with Crippen molar-refractivity contribution >= 4 is 29.0 Å². The lowest BCUT2D eigenvalue weighted by atomic mass is 10.0. The molecule has 0 N–H and O–H groups in total. The first-order valence-corrected chi connectivity index (χ1v) is 10.2. The van der Waals surface area contributed by atoms with Crippen molar-refractivity contribution < 1.29 is 19.0 Å². The second kappa shape index (κ2) is 10.5. The number of Topliss-reactive ketones (excluding diaryl/α,β-unsaturated/α-hetero) is 1. The molecule has 3 rings (SSSR count). The van der Waals surface area contributed by atoms with E-state index >= 15 is 0 Å². The van der Waals surface area contributed by atoms with Crippen LogP contribution in [0.1, 0.15) is 29.7 Å². The molecule has 1 atom stereocenters. The Hall–Kier alpha value is -2.53. The molecule has 6 heteroatoms. The van der Waals surface area contributed by atoms with E-state index in [1.54, 1.807) is 24.3 Å². The van der Waals surface area contributed by atoms with Gasteiger partial charge in [-0.05, 0) is 25.1 Å². The lowest BCUT2D eigenvalue weighted by molar-refractivity contribution is -0.127. The number of benzene rings is 3. The monoisotopic (exact) mass is 444 g/mol. The molecule has 30 heavy (non-hydrogen) atoms. The highest BCUT2D eigenvalue weighted by atomic mass is 35.5. The zero-order valence-electron chi connectivity index (χ0n) is 16.7. The topological polar surface area (TPSA) is 44.8 Å². The molecule has 0 aliphatic carbocycles. The third-order valence-corrected chi connectivity index (χ3v) is 5.31. The molecular weight excluding hydrogens is 423 g/mol. The van der Waals surface area contributed by atoms with Crippen LogP contribution < -0.4 is 9.47 Å². The predicted molar refractivity (Wildman–Crippen MR) is 118 cm³/mol. The summed E-state index contributed by atoms with van der Waals surface area (Å²) >= 11 is 12.5. The van der Waals surface area contributed by atoms with E-state index in [1.165, 1.54) is 14.0 Å². The Morgan fingerprint density at radius 1 is 0.833 bits per heavy atom. The van der Waals surface area contributed by atoms with Gasteiger partial charge in [0.15, 0.2) is 17.3 Å². The lowest BCUT2D eigenvalue weighted by Gasteiger charge is -2.20. The average molecular weight is 445 g/mol. The minimum atomic E-state index is -0.768. The van der Waals surface area contributed by atoms with Crippen LogP contribution >= 0.6 is 23.2 Å². The fourth-order valence-electron chi connectivity index (χ4n) is 3.06. The van der Waals surface area contributed by atoms with Crippen molar-refractivity contribution in [2.45, 2.75) is 26.2 Å². The number of hydrogen-bond donors (Lipinski definition) is 0. The fraction of sp³-hybridized carbons (Fsp3) is 0.208. The predicted octanol–water partition coefficient (Wildman–Crippen LogP) is 6.43. The SMILES string of the molecule is COC(C(C)=O)c1cccc(OCc2ccccc2Cl)c1OCc1ccccc1Cl. The van der Waals surface area contributed by atoms with Crippen molar-refractivity contribution in [3.63, 3.8) is 0 Å². The molecule has 156 valence electrons. The van der Waals surface area contributed by atoms with Crippen molar-refractivity contribution in [2.24, 2.45) is 0 Å². The summed E-state index contributed by atoms with van der Waals surface area (Å²) in [5.41, 5.74) is 2.26. The van der Waals surface area contributed by atoms with Gasteiger partial charge >= 0.3 is 0 Å². The van der Waals surface area contributed by atoms with Crippen LogP contribution in [0.4, 0.5) is 0 Å². The summed E-state index contributed by atoms with van der Waals surface area (Å²) < 4.78 is 17.6. The van der Waals surface area contributed by atoms with E-state index in [2.05, 4.69) is 0 Å². The summed E-state index contributed by atoms with van der Waals surface area (Å²) in [7, 11) is 1.49. The van der Waals surface area contributed by atoms with Gasteiger partial charge in [0.1, 0.15) is 19.3 Å². The molecule has 0 bridgehead atoms. The summed E-state index contributed by atoms with van der Waals surface area (Å²) in [6.07, 6.45) is -0.768. The maximum absolute atomic E-state index is 12.1. The third-order valence-electron chi connectivity index (χ3n) is 4.57. The van der Waals surface area contributed by atoms with Crippen LogP contribution in [0.3, 0.4) is 0 Å². The molecule has 0 fully saturated rings. The van der Waals surface area contributed by atoms with Gasteiger partial charge in [-0.25, -0.2) is 0 Å². The number of para-hydroxylation sites is 1. The number of ketones is 1. The molecule has 0 saturated carbocycles. The number of methoxy groups -OCH3 is 1. The third kappa shape index (κ3) is 5.33. The first-order valence-electron chi connectivity index (χ1n) is 9.39. The van der Waals surface area contributed by atoms with Crippen molar-refractivity contribution in [2.75, 3.05) is 7.11 Å². The van der Waals surface area contributed by atoms with Crippen LogP contribution in [0.5, 0.6) is 11.5 Å². The zero-order chi connectivity index (χ0) is 21.5. The van der Waals surface area contributed by atoms with E-state index in [9.17, 15) is 4.79 Å². The first-order chi connectivity index (χ1) is 14.5. The molecular formula is C24H22Cl2O4. The standard InChI is InChI=1S/C24H22Cl2O4/c1-16(27)23(28-2)19-10-7-13-22(29-14-17-8-3-5-11-20(17)25)24(19)30-15-18-9-4-6-12-21(18)26/h3-13,23H,14-15H2,1-2H3. The minimum Gasteiger partial charge on any atom is -0.485 e. The second-order valence-electron chi connectivity index (χ2n) is 6.66. The number of carbonyl (C=O) groups is 1. The number of halogens is 2. The zero-order valence-corrected chi connectivity index (χ0v) is 18.2. The van der Waals surface area contributed by atoms with Gasteiger partial charge in [-0.3, -0.25) is 4.79 Å². The van der Waals surface area contributed by atoms with E-state index in [0.717, 1.165) is 11.1 Å². The molecule has 1 unspecified atom stereocenters. The van der Waals surface area contributed by atoms with Crippen molar-refractivity contribution in [1.29, 1.82) is 0 Å². The highest BCUT2D eigenvalue weighted by molar-refractivity contribution is 6.31. The molecule has 0 aliphatic rings. The van der Waals surface area contributed by atoms with E-state index in [4.69, 9.17) is 37.4 Å². The van der Waals surface area contributed by atoms with Crippen molar-refractivity contribution in [1.82, 2.24) is 0 Å². The Balaban J connectivity index is 1.93. The normalized spacial score (nSPS) is 11.7. The van der Waals surface area contributed by atoms with E-state index in [1.807, 2.05) is 42.5 Å². The Labute approximate surface area is 186 Å². The summed E-state index contributed by atoms with van der Waals surface area (Å²) in [5, 5.41) is 1.22. The molecule has 0 aliphatic heterocycles. The van der Waals surface area contributed by atoms with Crippen LogP contribution in [0.2, 0.25) is 10.0 Å². The molecule has 4 nitrogen and oxygen atoms in total. The van der Waals surface area contributed by atoms with Crippen LogP contribution in [0, 0.1) is 0 Å². The lowest BCUT2D eigenvalue weighted by Crippen LogP contribution is -2.13. The molecule has 0 amide bonds. The quantitative estimate of drug-likeness (QED) is 0.381. The van der Waals surface area contributed by atoms with Gasteiger partial charge in [0.05, 0.1) is 0 Å². The number of hydrogen-bond acceptors (Lipinski definition) is 4.